The number of amides is 1. The fraction of sp³-hybridized carbons (Fsp3) is 0.400. The number of carbonyl (C=O) groups excluding carboxylic acids is 1. The average Bonchev–Trinajstić information content (AvgIpc) is 3.09. The maximum Gasteiger partial charge on any atom is 0.410 e. The van der Waals surface area contributed by atoms with Crippen LogP contribution < -0.4 is 0 Å². The van der Waals surface area contributed by atoms with Crippen molar-refractivity contribution >= 4 is 27.0 Å². The molecule has 170 valence electrons. The monoisotopic (exact) mass is 454 g/mol. The number of hydrogen-bond acceptors (Lipinski definition) is 4. The minimum Gasteiger partial charge on any atom is -0.444 e. The van der Waals surface area contributed by atoms with Crippen molar-refractivity contribution in [1.29, 1.82) is 0 Å². The van der Waals surface area contributed by atoms with Gasteiger partial charge in [0.2, 0.25) is 0 Å². The first-order chi connectivity index (χ1) is 15.0. The Balaban J connectivity index is 1.53. The van der Waals surface area contributed by atoms with Crippen molar-refractivity contribution in [3.63, 3.8) is 0 Å². The van der Waals surface area contributed by atoms with Crippen molar-refractivity contribution < 1.29 is 17.9 Å². The molecular formula is C25H30N2O4S. The molecule has 1 amide bonds. The van der Waals surface area contributed by atoms with Gasteiger partial charge < -0.3 is 9.64 Å². The van der Waals surface area contributed by atoms with Crippen molar-refractivity contribution in [3.8, 4) is 0 Å². The average molecular weight is 455 g/mol. The smallest absolute Gasteiger partial charge is 0.410 e. The number of fused-ring (bicyclic) bond motifs is 1. The van der Waals surface area contributed by atoms with E-state index in [2.05, 4.69) is 13.8 Å². The molecule has 0 spiro atoms. The molecular weight excluding hydrogens is 424 g/mol. The van der Waals surface area contributed by atoms with Gasteiger partial charge in [0, 0.05) is 30.6 Å². The first-order valence-electron chi connectivity index (χ1n) is 10.9. The molecule has 1 saturated heterocycles. The predicted octanol–water partition coefficient (Wildman–Crippen LogP) is 5.34. The first-order valence-corrected chi connectivity index (χ1v) is 12.3. The summed E-state index contributed by atoms with van der Waals surface area (Å²) in [4.78, 5) is 14.1. The zero-order valence-corrected chi connectivity index (χ0v) is 20.0. The van der Waals surface area contributed by atoms with E-state index in [0.717, 1.165) is 16.5 Å². The summed E-state index contributed by atoms with van der Waals surface area (Å²) in [7, 11) is -3.68. The minimum absolute atomic E-state index is 0.218. The number of benzene rings is 2. The number of likely N-dealkylation sites (tertiary alicyclic amines) is 1. The summed E-state index contributed by atoms with van der Waals surface area (Å²) in [5.74, 6) is 0.561. The zero-order valence-electron chi connectivity index (χ0n) is 19.2. The Kier molecular flexibility index (Phi) is 5.57. The van der Waals surface area contributed by atoms with Gasteiger partial charge in [0.05, 0.1) is 10.4 Å². The van der Waals surface area contributed by atoms with E-state index < -0.39 is 15.6 Å². The van der Waals surface area contributed by atoms with Crippen molar-refractivity contribution in [2.75, 3.05) is 13.1 Å². The van der Waals surface area contributed by atoms with Crippen molar-refractivity contribution in [2.45, 2.75) is 57.0 Å². The highest BCUT2D eigenvalue weighted by molar-refractivity contribution is 7.90. The van der Waals surface area contributed by atoms with E-state index in [1.165, 1.54) is 3.97 Å². The normalized spacial score (nSPS) is 15.2. The number of nitrogens with zero attached hydrogens (tertiary/aromatic N) is 2. The lowest BCUT2D eigenvalue weighted by Gasteiger charge is -2.40. The molecule has 6 nitrogen and oxygen atoms in total. The third kappa shape index (κ3) is 4.26. The standard InChI is InChI=1S/C25H30N2O4S/c1-17(2)18-6-9-22(10-7-18)32(29,30)27-13-12-20-14-19(8-11-23(20)27)21-15-26(16-21)24(28)31-25(3,4)5/h6-14,17,21H,15-16H2,1-5H3. The molecule has 1 aliphatic rings. The maximum atomic E-state index is 13.2. The van der Waals surface area contributed by atoms with E-state index in [-0.39, 0.29) is 16.9 Å². The molecule has 2 aromatic carbocycles. The SMILES string of the molecule is CC(C)c1ccc(S(=O)(=O)n2ccc3cc(C4CN(C(=O)OC(C)(C)C)C4)ccc32)cc1. The Morgan fingerprint density at radius 1 is 1.03 bits per heavy atom. The summed E-state index contributed by atoms with van der Waals surface area (Å²) in [6.07, 6.45) is 1.31. The van der Waals surface area contributed by atoms with Crippen LogP contribution in [0.2, 0.25) is 0 Å². The summed E-state index contributed by atoms with van der Waals surface area (Å²) >= 11 is 0. The van der Waals surface area contributed by atoms with E-state index in [1.807, 2.05) is 57.2 Å². The topological polar surface area (TPSA) is 68.6 Å². The molecule has 0 aliphatic carbocycles. The number of hydrogen-bond donors (Lipinski definition) is 0. The van der Waals surface area contributed by atoms with Gasteiger partial charge in [0.25, 0.3) is 10.0 Å². The highest BCUT2D eigenvalue weighted by Crippen LogP contribution is 2.32. The lowest BCUT2D eigenvalue weighted by atomic mass is 9.91. The molecule has 3 aromatic rings. The van der Waals surface area contributed by atoms with Crippen LogP contribution in [0.25, 0.3) is 10.9 Å². The van der Waals surface area contributed by atoms with Crippen LogP contribution in [0.4, 0.5) is 4.79 Å². The van der Waals surface area contributed by atoms with E-state index in [4.69, 9.17) is 4.74 Å². The molecule has 32 heavy (non-hydrogen) atoms. The van der Waals surface area contributed by atoms with Gasteiger partial charge in [-0.15, -0.1) is 0 Å². The molecule has 0 atom stereocenters. The Morgan fingerprint density at radius 2 is 1.69 bits per heavy atom. The van der Waals surface area contributed by atoms with Gasteiger partial charge in [-0.1, -0.05) is 32.0 Å². The molecule has 2 heterocycles. The van der Waals surface area contributed by atoms with Crippen LogP contribution >= 0.6 is 0 Å². The van der Waals surface area contributed by atoms with Crippen LogP contribution in [0.15, 0.2) is 59.6 Å². The third-order valence-corrected chi connectivity index (χ3v) is 7.49. The highest BCUT2D eigenvalue weighted by atomic mass is 32.2. The second-order valence-electron chi connectivity index (χ2n) is 9.74. The molecule has 0 radical (unpaired) electrons. The Hall–Kier alpha value is -2.80. The fourth-order valence-electron chi connectivity index (χ4n) is 3.90. The van der Waals surface area contributed by atoms with E-state index >= 15 is 0 Å². The largest absolute Gasteiger partial charge is 0.444 e. The second-order valence-corrected chi connectivity index (χ2v) is 11.6. The van der Waals surface area contributed by atoms with E-state index in [1.54, 1.807) is 23.2 Å². The van der Waals surface area contributed by atoms with Gasteiger partial charge >= 0.3 is 6.09 Å². The molecule has 0 bridgehead atoms. The third-order valence-electron chi connectivity index (χ3n) is 5.79. The van der Waals surface area contributed by atoms with E-state index in [0.29, 0.717) is 24.5 Å². The zero-order chi connectivity index (χ0) is 23.3. The van der Waals surface area contributed by atoms with Gasteiger partial charge in [-0.25, -0.2) is 17.2 Å². The molecule has 1 aromatic heterocycles. The van der Waals surface area contributed by atoms with Crippen LogP contribution in [0, 0.1) is 0 Å². The summed E-state index contributed by atoms with van der Waals surface area (Å²) < 4.78 is 33.2. The molecule has 0 saturated carbocycles. The maximum absolute atomic E-state index is 13.2. The van der Waals surface area contributed by atoms with Crippen molar-refractivity contribution in [2.24, 2.45) is 0 Å². The number of rotatable bonds is 4. The molecule has 7 heteroatoms. The van der Waals surface area contributed by atoms with Crippen LogP contribution in [-0.4, -0.2) is 42.1 Å². The summed E-state index contributed by atoms with van der Waals surface area (Å²) in [6, 6.07) is 14.7. The molecule has 1 aliphatic heterocycles. The lowest BCUT2D eigenvalue weighted by Crippen LogP contribution is -2.50. The Morgan fingerprint density at radius 3 is 2.28 bits per heavy atom. The predicted molar refractivity (Wildman–Crippen MR) is 126 cm³/mol. The second kappa shape index (κ2) is 7.96. The van der Waals surface area contributed by atoms with Crippen LogP contribution in [0.1, 0.15) is 57.6 Å². The molecule has 4 rings (SSSR count). The number of aromatic nitrogens is 1. The van der Waals surface area contributed by atoms with Gasteiger partial charge in [0.1, 0.15) is 5.60 Å². The van der Waals surface area contributed by atoms with Crippen molar-refractivity contribution in [1.82, 2.24) is 8.87 Å². The van der Waals surface area contributed by atoms with Gasteiger partial charge in [-0.3, -0.25) is 0 Å². The number of carbonyl (C=O) groups is 1. The summed E-state index contributed by atoms with van der Waals surface area (Å²) in [5, 5.41) is 0.862. The first kappa shape index (κ1) is 22.4. The molecule has 1 fully saturated rings. The van der Waals surface area contributed by atoms with E-state index in [9.17, 15) is 13.2 Å². The minimum atomic E-state index is -3.68. The highest BCUT2D eigenvalue weighted by Gasteiger charge is 2.34. The van der Waals surface area contributed by atoms with Gasteiger partial charge in [-0.2, -0.15) is 0 Å². The van der Waals surface area contributed by atoms with Gasteiger partial charge in [0.15, 0.2) is 0 Å². The molecule has 0 unspecified atom stereocenters. The lowest BCUT2D eigenvalue weighted by molar-refractivity contribution is 0.00820. The fourth-order valence-corrected chi connectivity index (χ4v) is 5.26. The van der Waals surface area contributed by atoms with Crippen LogP contribution in [0.3, 0.4) is 0 Å². The van der Waals surface area contributed by atoms with Gasteiger partial charge in [-0.05, 0) is 68.1 Å². The Bertz CT molecular complexity index is 1250. The number of ether oxygens (including phenoxy) is 1. The van der Waals surface area contributed by atoms with Crippen LogP contribution in [-0.2, 0) is 14.8 Å². The quantitative estimate of drug-likeness (QED) is 0.534. The summed E-state index contributed by atoms with van der Waals surface area (Å²) in [6.45, 7) is 10.9. The van der Waals surface area contributed by atoms with Crippen LogP contribution in [0.5, 0.6) is 0 Å². The molecule has 0 N–H and O–H groups in total. The summed E-state index contributed by atoms with van der Waals surface area (Å²) in [5.41, 5.74) is 2.33. The van der Waals surface area contributed by atoms with Crippen molar-refractivity contribution in [3.05, 3.63) is 65.9 Å². The Labute approximate surface area is 189 Å².